The molecule has 2 aromatic carbocycles. The molecule has 0 amide bonds. The van der Waals surface area contributed by atoms with Crippen LogP contribution in [-0.2, 0) is 17.6 Å². The van der Waals surface area contributed by atoms with Crippen LogP contribution in [0.2, 0.25) is 0 Å². The fraction of sp³-hybridized carbons (Fsp3) is 0.250. The van der Waals surface area contributed by atoms with Crippen LogP contribution < -0.4 is 0 Å². The van der Waals surface area contributed by atoms with E-state index < -0.39 is 0 Å². The fourth-order valence-electron chi connectivity index (χ4n) is 2.69. The van der Waals surface area contributed by atoms with E-state index in [4.69, 9.17) is 4.74 Å². The van der Waals surface area contributed by atoms with Gasteiger partial charge in [0.25, 0.3) is 0 Å². The molecule has 26 heavy (non-hydrogen) atoms. The van der Waals surface area contributed by atoms with Crippen molar-refractivity contribution in [1.29, 1.82) is 0 Å². The van der Waals surface area contributed by atoms with Crippen LogP contribution >= 0.6 is 0 Å². The minimum atomic E-state index is 0.323. The summed E-state index contributed by atoms with van der Waals surface area (Å²) in [5, 5.41) is 9.98. The van der Waals surface area contributed by atoms with Gasteiger partial charge in [-0.2, -0.15) is 0 Å². The van der Waals surface area contributed by atoms with E-state index in [0.717, 1.165) is 40.7 Å². The van der Waals surface area contributed by atoms with Crippen LogP contribution in [0.5, 0.6) is 5.75 Å². The monoisotopic (exact) mass is 348 g/mol. The van der Waals surface area contributed by atoms with E-state index >= 15 is 0 Å². The lowest BCUT2D eigenvalue weighted by Gasteiger charge is -2.09. The topological polar surface area (TPSA) is 29.5 Å². The highest BCUT2D eigenvalue weighted by Crippen LogP contribution is 2.27. The molecule has 0 aliphatic rings. The molecule has 2 heteroatoms. The van der Waals surface area contributed by atoms with Gasteiger partial charge in [0, 0.05) is 7.11 Å². The number of phenols is 1. The van der Waals surface area contributed by atoms with E-state index in [-0.39, 0.29) is 0 Å². The molecule has 0 aliphatic heterocycles. The number of ether oxygens (including phenoxy) is 1. The smallest absolute Gasteiger partial charge is 0.118 e. The molecule has 136 valence electrons. The van der Waals surface area contributed by atoms with Crippen LogP contribution in [0.15, 0.2) is 78.9 Å². The molecular formula is C24H28O2. The average Bonchev–Trinajstić information content (AvgIpc) is 2.64. The van der Waals surface area contributed by atoms with Gasteiger partial charge in [0.15, 0.2) is 0 Å². The number of hydrogen-bond acceptors (Lipinski definition) is 2. The lowest BCUT2D eigenvalue weighted by atomic mass is 9.98. The van der Waals surface area contributed by atoms with Crippen molar-refractivity contribution in [3.63, 3.8) is 0 Å². The summed E-state index contributed by atoms with van der Waals surface area (Å²) in [4.78, 5) is 0. The van der Waals surface area contributed by atoms with E-state index in [1.165, 1.54) is 5.56 Å². The number of hydrogen-bond donors (Lipinski definition) is 1. The Hall–Kier alpha value is -2.58. The van der Waals surface area contributed by atoms with Crippen molar-refractivity contribution >= 4 is 0 Å². The van der Waals surface area contributed by atoms with Gasteiger partial charge in [-0.25, -0.2) is 0 Å². The summed E-state index contributed by atoms with van der Waals surface area (Å²) in [6.45, 7) is 10.5. The van der Waals surface area contributed by atoms with Gasteiger partial charge in [0.1, 0.15) is 5.75 Å². The lowest BCUT2D eigenvalue weighted by molar-refractivity contribution is 0.201. The molecule has 0 aliphatic carbocycles. The van der Waals surface area contributed by atoms with E-state index in [2.05, 4.69) is 37.4 Å². The second-order valence-electron chi connectivity index (χ2n) is 6.62. The van der Waals surface area contributed by atoms with Gasteiger partial charge in [-0.05, 0) is 60.6 Å². The summed E-state index contributed by atoms with van der Waals surface area (Å²) in [6, 6.07) is 14.3. The van der Waals surface area contributed by atoms with E-state index in [1.54, 1.807) is 13.2 Å². The number of benzene rings is 2. The molecule has 0 heterocycles. The molecule has 0 saturated carbocycles. The van der Waals surface area contributed by atoms with Gasteiger partial charge in [0.05, 0.1) is 6.61 Å². The maximum absolute atomic E-state index is 9.98. The molecular weight excluding hydrogens is 320 g/mol. The second-order valence-corrected chi connectivity index (χ2v) is 6.62. The minimum absolute atomic E-state index is 0.323. The zero-order valence-corrected chi connectivity index (χ0v) is 15.8. The van der Waals surface area contributed by atoms with E-state index in [9.17, 15) is 5.11 Å². The molecule has 2 rings (SSSR count). The summed E-state index contributed by atoms with van der Waals surface area (Å²) in [5.74, 6) is 0.323. The van der Waals surface area contributed by atoms with Gasteiger partial charge < -0.3 is 9.84 Å². The molecule has 0 unspecified atom stereocenters. The van der Waals surface area contributed by atoms with Gasteiger partial charge >= 0.3 is 0 Å². The van der Waals surface area contributed by atoms with Gasteiger partial charge in [-0.3, -0.25) is 0 Å². The first kappa shape index (κ1) is 19.7. The van der Waals surface area contributed by atoms with Crippen molar-refractivity contribution in [2.24, 2.45) is 0 Å². The predicted octanol–water partition coefficient (Wildman–Crippen LogP) is 5.87. The van der Waals surface area contributed by atoms with Crippen molar-refractivity contribution in [3.05, 3.63) is 90.0 Å². The number of allylic oxidation sites excluding steroid dienone is 4. The van der Waals surface area contributed by atoms with Crippen molar-refractivity contribution in [3.8, 4) is 16.9 Å². The molecule has 0 atom stereocenters. The number of phenolic OH excluding ortho intramolecular Hbond substituents is 1. The third-order valence-electron chi connectivity index (χ3n) is 4.28. The quantitative estimate of drug-likeness (QED) is 0.574. The Morgan fingerprint density at radius 3 is 2.35 bits per heavy atom. The number of aromatic hydroxyl groups is 1. The Morgan fingerprint density at radius 1 is 1.00 bits per heavy atom. The SMILES string of the molecule is C=C(C)/C=C\C(=C)CCc1ccc(-c2ccc(O)c(CCOC)c2)cc1. The highest BCUT2D eigenvalue weighted by Gasteiger charge is 2.05. The largest absolute Gasteiger partial charge is 0.508 e. The van der Waals surface area contributed by atoms with Crippen LogP contribution in [0.25, 0.3) is 11.1 Å². The molecule has 0 aromatic heterocycles. The normalized spacial score (nSPS) is 11.0. The first-order chi connectivity index (χ1) is 12.5. The number of aryl methyl sites for hydroxylation is 1. The summed E-state index contributed by atoms with van der Waals surface area (Å²) < 4.78 is 5.11. The lowest BCUT2D eigenvalue weighted by Crippen LogP contribution is -1.95. The molecule has 0 saturated heterocycles. The minimum Gasteiger partial charge on any atom is -0.508 e. The molecule has 0 fully saturated rings. The molecule has 0 bridgehead atoms. The van der Waals surface area contributed by atoms with Crippen LogP contribution in [0.4, 0.5) is 0 Å². The third kappa shape index (κ3) is 6.05. The van der Waals surface area contributed by atoms with E-state index in [1.807, 2.05) is 31.2 Å². The van der Waals surface area contributed by atoms with Crippen LogP contribution in [0, 0.1) is 0 Å². The molecule has 0 radical (unpaired) electrons. The summed E-state index contributed by atoms with van der Waals surface area (Å²) in [6.07, 6.45) is 6.64. The van der Waals surface area contributed by atoms with Gasteiger partial charge in [-0.15, -0.1) is 0 Å². The standard InChI is InChI=1S/C24H28O2/c1-18(2)5-6-19(3)7-8-20-9-11-21(12-10-20)22-13-14-24(25)23(17-22)15-16-26-4/h5-6,9-14,17,25H,1,3,7-8,15-16H2,2,4H3/b6-5-. The Balaban J connectivity index is 2.03. The first-order valence-corrected chi connectivity index (χ1v) is 8.91. The fourth-order valence-corrected chi connectivity index (χ4v) is 2.69. The highest BCUT2D eigenvalue weighted by molar-refractivity contribution is 5.66. The molecule has 1 N–H and O–H groups in total. The Bertz CT molecular complexity index is 782. The maximum Gasteiger partial charge on any atom is 0.118 e. The first-order valence-electron chi connectivity index (χ1n) is 8.91. The summed E-state index contributed by atoms with van der Waals surface area (Å²) >= 11 is 0. The Morgan fingerprint density at radius 2 is 1.69 bits per heavy atom. The highest BCUT2D eigenvalue weighted by atomic mass is 16.5. The number of rotatable bonds is 9. The van der Waals surface area contributed by atoms with Gasteiger partial charge in [0.2, 0.25) is 0 Å². The van der Waals surface area contributed by atoms with Crippen molar-refractivity contribution in [1.82, 2.24) is 0 Å². The van der Waals surface area contributed by atoms with Crippen molar-refractivity contribution in [2.45, 2.75) is 26.2 Å². The number of methoxy groups -OCH3 is 1. The van der Waals surface area contributed by atoms with Crippen LogP contribution in [0.1, 0.15) is 24.5 Å². The van der Waals surface area contributed by atoms with Crippen LogP contribution in [-0.4, -0.2) is 18.8 Å². The second kappa shape index (κ2) is 9.79. The van der Waals surface area contributed by atoms with Crippen LogP contribution in [0.3, 0.4) is 0 Å². The van der Waals surface area contributed by atoms with E-state index in [0.29, 0.717) is 18.8 Å². The maximum atomic E-state index is 9.98. The molecule has 2 nitrogen and oxygen atoms in total. The average molecular weight is 348 g/mol. The summed E-state index contributed by atoms with van der Waals surface area (Å²) in [5.41, 5.74) is 6.60. The third-order valence-corrected chi connectivity index (χ3v) is 4.28. The zero-order chi connectivity index (χ0) is 18.9. The Labute approximate surface area is 157 Å². The summed E-state index contributed by atoms with van der Waals surface area (Å²) in [7, 11) is 1.67. The zero-order valence-electron chi connectivity index (χ0n) is 15.8. The van der Waals surface area contributed by atoms with Crippen molar-refractivity contribution < 1.29 is 9.84 Å². The Kier molecular flexibility index (Phi) is 7.43. The molecule has 2 aromatic rings. The molecule has 0 spiro atoms. The van der Waals surface area contributed by atoms with Gasteiger partial charge in [-0.1, -0.05) is 66.8 Å². The predicted molar refractivity (Wildman–Crippen MR) is 111 cm³/mol. The van der Waals surface area contributed by atoms with Crippen molar-refractivity contribution in [2.75, 3.05) is 13.7 Å².